The molecule has 1 aliphatic rings. The first-order valence-electron chi connectivity index (χ1n) is 9.05. The molecule has 3 rings (SSSR count). The molecule has 1 aromatic heterocycles. The number of methoxy groups -OCH3 is 1. The molecule has 8 nitrogen and oxygen atoms in total. The van der Waals surface area contributed by atoms with Crippen LogP contribution in [0.3, 0.4) is 0 Å². The van der Waals surface area contributed by atoms with Crippen LogP contribution in [0.15, 0.2) is 41.7 Å². The monoisotopic (exact) mass is 381 g/mol. The van der Waals surface area contributed by atoms with Gasteiger partial charge in [-0.2, -0.15) is 0 Å². The third kappa shape index (κ3) is 4.64. The van der Waals surface area contributed by atoms with Crippen molar-refractivity contribution in [2.45, 2.75) is 31.7 Å². The van der Waals surface area contributed by atoms with Gasteiger partial charge in [0.05, 0.1) is 7.11 Å². The molecule has 8 heteroatoms. The summed E-state index contributed by atoms with van der Waals surface area (Å²) in [4.78, 5) is 20.1. The Morgan fingerprint density at radius 2 is 2.11 bits per heavy atom. The lowest BCUT2D eigenvalue weighted by Gasteiger charge is -2.14. The highest BCUT2D eigenvalue weighted by atomic mass is 16.6. The van der Waals surface area contributed by atoms with Gasteiger partial charge in [-0.15, -0.1) is 0 Å². The van der Waals surface area contributed by atoms with Gasteiger partial charge in [0.15, 0.2) is 0 Å². The first-order valence-corrected chi connectivity index (χ1v) is 9.05. The smallest absolute Gasteiger partial charge is 0.412 e. The molecule has 0 unspecified atom stereocenters. The molecule has 0 spiro atoms. The van der Waals surface area contributed by atoms with E-state index in [-0.39, 0.29) is 11.9 Å². The molecule has 0 saturated heterocycles. The summed E-state index contributed by atoms with van der Waals surface area (Å²) in [6.45, 7) is 0. The van der Waals surface area contributed by atoms with Crippen LogP contribution in [-0.2, 0) is 0 Å². The summed E-state index contributed by atoms with van der Waals surface area (Å²) in [7, 11) is 1.56. The number of ether oxygens (including phenoxy) is 2. The van der Waals surface area contributed by atoms with Gasteiger partial charge in [0.25, 0.3) is 0 Å². The molecule has 28 heavy (non-hydrogen) atoms. The number of rotatable bonds is 6. The van der Waals surface area contributed by atoms with Gasteiger partial charge in [-0.1, -0.05) is 12.8 Å². The zero-order valence-electron chi connectivity index (χ0n) is 15.6. The zero-order chi connectivity index (χ0) is 19.9. The van der Waals surface area contributed by atoms with E-state index in [2.05, 4.69) is 15.3 Å². The number of nitrogens with two attached hydrogens (primary N) is 1. The summed E-state index contributed by atoms with van der Waals surface area (Å²) >= 11 is 0. The average Bonchev–Trinajstić information content (AvgIpc) is 3.21. The van der Waals surface area contributed by atoms with Gasteiger partial charge in [-0.3, -0.25) is 10.4 Å². The van der Waals surface area contributed by atoms with Crippen LogP contribution < -0.4 is 20.5 Å². The van der Waals surface area contributed by atoms with Gasteiger partial charge in [0.1, 0.15) is 23.7 Å². The van der Waals surface area contributed by atoms with Gasteiger partial charge < -0.3 is 20.5 Å². The Hall–Kier alpha value is -3.42. The predicted molar refractivity (Wildman–Crippen MR) is 107 cm³/mol. The van der Waals surface area contributed by atoms with E-state index >= 15 is 0 Å². The van der Waals surface area contributed by atoms with Crippen molar-refractivity contribution >= 4 is 18.3 Å². The van der Waals surface area contributed by atoms with Crippen LogP contribution in [0, 0.1) is 5.41 Å². The first-order chi connectivity index (χ1) is 13.6. The number of aromatic nitrogens is 1. The van der Waals surface area contributed by atoms with E-state index in [0.29, 0.717) is 22.6 Å². The van der Waals surface area contributed by atoms with Gasteiger partial charge in [-0.05, 0) is 37.1 Å². The average molecular weight is 381 g/mol. The molecule has 1 saturated carbocycles. The molecule has 0 atom stereocenters. The Kier molecular flexibility index (Phi) is 6.21. The molecule has 0 aliphatic heterocycles. The van der Waals surface area contributed by atoms with Crippen LogP contribution >= 0.6 is 0 Å². The maximum absolute atomic E-state index is 12.2. The van der Waals surface area contributed by atoms with Crippen LogP contribution in [0.25, 0.3) is 11.1 Å². The van der Waals surface area contributed by atoms with Crippen molar-refractivity contribution in [1.82, 2.24) is 10.3 Å². The molecular formula is C20H23N5O3. The minimum absolute atomic E-state index is 0.183. The molecule has 1 aromatic carbocycles. The fourth-order valence-corrected chi connectivity index (χ4v) is 3.22. The molecule has 4 N–H and O–H groups in total. The number of amidine groups is 1. The van der Waals surface area contributed by atoms with E-state index in [1.54, 1.807) is 43.8 Å². The van der Waals surface area contributed by atoms with Gasteiger partial charge >= 0.3 is 6.09 Å². The Balaban J connectivity index is 1.85. The molecule has 0 radical (unpaired) electrons. The number of carbonyl (C=O) groups is 1. The summed E-state index contributed by atoms with van der Waals surface area (Å²) in [5.41, 5.74) is 7.84. The SMILES string of the molecule is COc1ccc(OC(=O)NC2CCCC2)cc1-c1cncc(C(N)=NC=N)c1. The number of hydrogen-bond donors (Lipinski definition) is 3. The lowest BCUT2D eigenvalue weighted by molar-refractivity contribution is 0.196. The van der Waals surface area contributed by atoms with Gasteiger partial charge in [-0.25, -0.2) is 9.79 Å². The summed E-state index contributed by atoms with van der Waals surface area (Å²) in [6, 6.07) is 7.10. The van der Waals surface area contributed by atoms with E-state index in [1.807, 2.05) is 0 Å². The molecule has 1 fully saturated rings. The van der Waals surface area contributed by atoms with E-state index in [0.717, 1.165) is 37.6 Å². The van der Waals surface area contributed by atoms with Gasteiger partial charge in [0.2, 0.25) is 0 Å². The summed E-state index contributed by atoms with van der Waals surface area (Å²) in [5.74, 6) is 1.19. The lowest BCUT2D eigenvalue weighted by Crippen LogP contribution is -2.34. The van der Waals surface area contributed by atoms with E-state index in [1.165, 1.54) is 0 Å². The molecule has 1 heterocycles. The number of amides is 1. The zero-order valence-corrected chi connectivity index (χ0v) is 15.6. The van der Waals surface area contributed by atoms with Crippen molar-refractivity contribution in [2.24, 2.45) is 10.7 Å². The topological polar surface area (TPSA) is 123 Å². The number of nitrogens with zero attached hydrogens (tertiary/aromatic N) is 2. The van der Waals surface area contributed by atoms with Crippen LogP contribution in [0.2, 0.25) is 0 Å². The first kappa shape index (κ1) is 19.3. The minimum atomic E-state index is -0.461. The molecule has 2 aromatic rings. The minimum Gasteiger partial charge on any atom is -0.496 e. The second kappa shape index (κ2) is 8.98. The lowest BCUT2D eigenvalue weighted by atomic mass is 10.0. The molecule has 1 amide bonds. The molecular weight excluding hydrogens is 358 g/mol. The van der Waals surface area contributed by atoms with Crippen LogP contribution in [0.1, 0.15) is 31.2 Å². The third-order valence-electron chi connectivity index (χ3n) is 4.61. The largest absolute Gasteiger partial charge is 0.496 e. The second-order valence-electron chi connectivity index (χ2n) is 6.48. The quantitative estimate of drug-likeness (QED) is 0.524. The Morgan fingerprint density at radius 1 is 1.32 bits per heavy atom. The van der Waals surface area contributed by atoms with Gasteiger partial charge in [0, 0.05) is 35.1 Å². The maximum Gasteiger partial charge on any atom is 0.412 e. The highest BCUT2D eigenvalue weighted by Crippen LogP contribution is 2.33. The maximum atomic E-state index is 12.2. The summed E-state index contributed by atoms with van der Waals surface area (Å²) < 4.78 is 10.9. The Bertz CT molecular complexity index is 891. The number of pyridine rings is 1. The van der Waals surface area contributed by atoms with Crippen LogP contribution in [0.4, 0.5) is 4.79 Å². The summed E-state index contributed by atoms with van der Waals surface area (Å²) in [6.07, 6.45) is 7.86. The number of aliphatic imine (C=N–C) groups is 1. The van der Waals surface area contributed by atoms with Crippen molar-refractivity contribution in [1.29, 1.82) is 5.41 Å². The van der Waals surface area contributed by atoms with E-state index in [9.17, 15) is 4.79 Å². The van der Waals surface area contributed by atoms with Crippen molar-refractivity contribution in [3.63, 3.8) is 0 Å². The van der Waals surface area contributed by atoms with E-state index < -0.39 is 6.09 Å². The number of carbonyl (C=O) groups excluding carboxylic acids is 1. The number of hydrogen-bond acceptors (Lipinski definition) is 5. The van der Waals surface area contributed by atoms with Crippen molar-refractivity contribution in [3.8, 4) is 22.6 Å². The standard InChI is InChI=1S/C20H23N5O3/c1-27-18-7-6-16(28-20(26)25-15-4-2-3-5-15)9-17(18)13-8-14(11-23-10-13)19(22)24-12-21/h6-12,15H,2-5H2,1H3,(H,25,26)(H3,21,22,24). The van der Waals surface area contributed by atoms with Crippen molar-refractivity contribution in [2.75, 3.05) is 7.11 Å². The summed E-state index contributed by atoms with van der Waals surface area (Å²) in [5, 5.41) is 9.95. The fraction of sp³-hybridized carbons (Fsp3) is 0.300. The second-order valence-corrected chi connectivity index (χ2v) is 6.48. The molecule has 1 aliphatic carbocycles. The van der Waals surface area contributed by atoms with Crippen LogP contribution in [-0.4, -0.2) is 36.4 Å². The molecule has 146 valence electrons. The molecule has 0 bridgehead atoms. The van der Waals surface area contributed by atoms with E-state index in [4.69, 9.17) is 20.6 Å². The van der Waals surface area contributed by atoms with Crippen molar-refractivity contribution < 1.29 is 14.3 Å². The predicted octanol–water partition coefficient (Wildman–Crippen LogP) is 3.10. The Morgan fingerprint density at radius 3 is 2.82 bits per heavy atom. The normalized spacial score (nSPS) is 14.5. The third-order valence-corrected chi connectivity index (χ3v) is 4.61. The highest BCUT2D eigenvalue weighted by molar-refractivity contribution is 6.01. The number of nitrogens with one attached hydrogen (secondary N) is 2. The highest BCUT2D eigenvalue weighted by Gasteiger charge is 2.18. The van der Waals surface area contributed by atoms with Crippen LogP contribution in [0.5, 0.6) is 11.5 Å². The Labute approximate surface area is 163 Å². The number of benzene rings is 1. The fourth-order valence-electron chi connectivity index (χ4n) is 3.22. The van der Waals surface area contributed by atoms with Crippen molar-refractivity contribution in [3.05, 3.63) is 42.2 Å².